The number of halogens is 1. The number of hydrogen-bond donors (Lipinski definition) is 2. The number of terminal acetylenes is 1. The van der Waals surface area contributed by atoms with Gasteiger partial charge in [0.2, 0.25) is 5.91 Å². The van der Waals surface area contributed by atoms with E-state index in [2.05, 4.69) is 32.0 Å². The zero-order valence-corrected chi connectivity index (χ0v) is 25.0. The van der Waals surface area contributed by atoms with Gasteiger partial charge in [0, 0.05) is 22.9 Å². The van der Waals surface area contributed by atoms with Crippen molar-refractivity contribution in [1.29, 1.82) is 0 Å². The zero-order chi connectivity index (χ0) is 30.4. The summed E-state index contributed by atoms with van der Waals surface area (Å²) in [7, 11) is 0. The number of anilines is 2. The third-order valence-electron chi connectivity index (χ3n) is 7.78. The van der Waals surface area contributed by atoms with Crippen molar-refractivity contribution in [3.63, 3.8) is 0 Å². The zero-order valence-electron chi connectivity index (χ0n) is 25.0. The largest absolute Gasteiger partial charge is 0.506 e. The highest BCUT2D eigenvalue weighted by molar-refractivity contribution is 6.01. The van der Waals surface area contributed by atoms with Gasteiger partial charge in [-0.15, -0.1) is 6.42 Å². The minimum Gasteiger partial charge on any atom is -0.506 e. The van der Waals surface area contributed by atoms with Gasteiger partial charge in [-0.25, -0.2) is 4.39 Å². The minimum atomic E-state index is -0.809. The number of ether oxygens (including phenoxy) is 2. The molecule has 0 bridgehead atoms. The number of fused-ring (bicyclic) bond motifs is 1. The predicted octanol–water partition coefficient (Wildman–Crippen LogP) is 7.78. The Morgan fingerprint density at radius 1 is 1.12 bits per heavy atom. The van der Waals surface area contributed by atoms with E-state index in [0.29, 0.717) is 41.5 Å². The van der Waals surface area contributed by atoms with Crippen molar-refractivity contribution in [2.75, 3.05) is 23.4 Å². The first-order chi connectivity index (χ1) is 20.1. The highest BCUT2D eigenvalue weighted by Crippen LogP contribution is 2.48. The molecule has 3 aromatic rings. The smallest absolute Gasteiger partial charge is 0.232 e. The van der Waals surface area contributed by atoms with Gasteiger partial charge in [0.1, 0.15) is 35.4 Å². The van der Waals surface area contributed by atoms with E-state index in [9.17, 15) is 9.90 Å². The van der Waals surface area contributed by atoms with Crippen molar-refractivity contribution < 1.29 is 23.8 Å². The molecule has 0 aromatic heterocycles. The Morgan fingerprint density at radius 3 is 2.57 bits per heavy atom. The first-order valence-electron chi connectivity index (χ1n) is 14.3. The second-order valence-corrected chi connectivity index (χ2v) is 11.2. The third-order valence-corrected chi connectivity index (χ3v) is 7.78. The summed E-state index contributed by atoms with van der Waals surface area (Å²) in [6.45, 7) is 10.7. The monoisotopic (exact) mass is 570 g/mol. The number of rotatable bonds is 10. The van der Waals surface area contributed by atoms with E-state index in [4.69, 9.17) is 15.9 Å². The Morgan fingerprint density at radius 2 is 1.88 bits per heavy atom. The normalized spacial score (nSPS) is 14.9. The Hall–Kier alpha value is -4.44. The van der Waals surface area contributed by atoms with Crippen LogP contribution in [0.1, 0.15) is 64.6 Å². The summed E-state index contributed by atoms with van der Waals surface area (Å²) in [6, 6.07) is 16.2. The molecule has 6 nitrogen and oxygen atoms in total. The Labute approximate surface area is 248 Å². The number of aromatic hydroxyl groups is 1. The number of carbonyl (C=O) groups is 1. The molecule has 0 aliphatic carbocycles. The van der Waals surface area contributed by atoms with Crippen molar-refractivity contribution in [2.24, 2.45) is 5.41 Å². The molecule has 1 aliphatic heterocycles. The summed E-state index contributed by atoms with van der Waals surface area (Å²) >= 11 is 0. The topological polar surface area (TPSA) is 71.0 Å². The number of hydrogen-bond acceptors (Lipinski definition) is 5. The first-order valence-corrected chi connectivity index (χ1v) is 14.3. The molecular formula is C35H39FN2O4. The molecule has 0 saturated carbocycles. The van der Waals surface area contributed by atoms with Crippen molar-refractivity contribution in [3.8, 4) is 29.6 Å². The lowest BCUT2D eigenvalue weighted by Gasteiger charge is -2.33. The average Bonchev–Trinajstić information content (AvgIpc) is 3.08. The van der Waals surface area contributed by atoms with E-state index >= 15 is 4.39 Å². The number of carbonyl (C=O) groups excluding carboxylic acids is 1. The molecular weight excluding hydrogens is 531 g/mol. The van der Waals surface area contributed by atoms with Gasteiger partial charge >= 0.3 is 0 Å². The van der Waals surface area contributed by atoms with E-state index < -0.39 is 11.9 Å². The second-order valence-electron chi connectivity index (χ2n) is 11.2. The number of benzene rings is 3. The van der Waals surface area contributed by atoms with Crippen LogP contribution >= 0.6 is 0 Å². The van der Waals surface area contributed by atoms with Crippen LogP contribution in [-0.2, 0) is 11.2 Å². The van der Waals surface area contributed by atoms with E-state index in [-0.39, 0.29) is 30.1 Å². The van der Waals surface area contributed by atoms with Crippen molar-refractivity contribution in [1.82, 2.24) is 0 Å². The van der Waals surface area contributed by atoms with Gasteiger partial charge in [-0.1, -0.05) is 57.4 Å². The molecule has 1 amide bonds. The van der Waals surface area contributed by atoms with Crippen LogP contribution in [0.2, 0.25) is 0 Å². The summed E-state index contributed by atoms with van der Waals surface area (Å²) < 4.78 is 27.3. The van der Waals surface area contributed by atoms with Gasteiger partial charge in [0.15, 0.2) is 0 Å². The highest BCUT2D eigenvalue weighted by atomic mass is 19.1. The van der Waals surface area contributed by atoms with Crippen LogP contribution in [-0.4, -0.2) is 24.2 Å². The van der Waals surface area contributed by atoms with E-state index in [1.165, 1.54) is 6.07 Å². The molecule has 2 N–H and O–H groups in total. The Bertz CT molecular complexity index is 1520. The number of nitrogens with one attached hydrogen (secondary N) is 1. The SMILES string of the molecule is C#CCOc1ccc(C2C(C)=C(CC(C)(C)CC)Nc3c(O)cccc3N2C(=O)Cc2ccccc2OCC)c(F)c1. The third kappa shape index (κ3) is 6.54. The fraction of sp³-hybridized carbons (Fsp3) is 0.343. The van der Waals surface area contributed by atoms with Gasteiger partial charge in [0.05, 0.1) is 24.8 Å². The standard InChI is InChI=1S/C35H39FN2O4/c1-7-19-42-25-17-18-26(27(36)21-25)34-23(4)28(22-35(5,6)8-2)37-33-29(14-12-15-30(33)39)38(34)32(40)20-24-13-10-11-16-31(24)41-9-3/h1,10-18,21,34,37,39H,8-9,19-20,22H2,2-6H3. The van der Waals surface area contributed by atoms with Crippen LogP contribution < -0.4 is 19.7 Å². The fourth-order valence-corrected chi connectivity index (χ4v) is 5.18. The molecule has 1 unspecified atom stereocenters. The lowest BCUT2D eigenvalue weighted by atomic mass is 9.83. The lowest BCUT2D eigenvalue weighted by molar-refractivity contribution is -0.118. The summed E-state index contributed by atoms with van der Waals surface area (Å²) in [6.07, 6.45) is 6.85. The van der Waals surface area contributed by atoms with Crippen LogP contribution in [0.5, 0.6) is 17.2 Å². The van der Waals surface area contributed by atoms with E-state index in [0.717, 1.165) is 23.3 Å². The molecule has 0 saturated heterocycles. The summed E-state index contributed by atoms with van der Waals surface area (Å²) in [5, 5.41) is 14.5. The van der Waals surface area contributed by atoms with Crippen molar-refractivity contribution in [2.45, 2.75) is 59.9 Å². The molecule has 0 radical (unpaired) electrons. The van der Waals surface area contributed by atoms with Crippen LogP contribution in [0.3, 0.4) is 0 Å². The minimum absolute atomic E-state index is 0.00113. The number of allylic oxidation sites excluding steroid dienone is 1. The van der Waals surface area contributed by atoms with Crippen LogP contribution in [0, 0.1) is 23.6 Å². The molecule has 1 atom stereocenters. The van der Waals surface area contributed by atoms with Crippen LogP contribution in [0.4, 0.5) is 15.8 Å². The fourth-order valence-electron chi connectivity index (χ4n) is 5.18. The lowest BCUT2D eigenvalue weighted by Crippen LogP contribution is -2.37. The van der Waals surface area contributed by atoms with Gasteiger partial charge in [-0.2, -0.15) is 0 Å². The molecule has 42 heavy (non-hydrogen) atoms. The maximum Gasteiger partial charge on any atom is 0.232 e. The van der Waals surface area contributed by atoms with Crippen LogP contribution in [0.15, 0.2) is 71.9 Å². The number of phenols is 1. The molecule has 4 rings (SSSR count). The molecule has 1 heterocycles. The maximum atomic E-state index is 16.0. The average molecular weight is 571 g/mol. The molecule has 0 spiro atoms. The highest BCUT2D eigenvalue weighted by Gasteiger charge is 2.37. The first kappa shape index (κ1) is 30.5. The summed E-state index contributed by atoms with van der Waals surface area (Å²) in [5.74, 6) is 2.51. The summed E-state index contributed by atoms with van der Waals surface area (Å²) in [4.78, 5) is 16.0. The number of phenolic OH excluding ortho intramolecular Hbond substituents is 1. The molecule has 220 valence electrons. The second kappa shape index (κ2) is 13.0. The molecule has 0 fully saturated rings. The van der Waals surface area contributed by atoms with Crippen molar-refractivity contribution >= 4 is 17.3 Å². The van der Waals surface area contributed by atoms with Gasteiger partial charge in [-0.3, -0.25) is 9.69 Å². The molecule has 7 heteroatoms. The number of nitrogens with zero attached hydrogens (tertiary/aromatic N) is 1. The Balaban J connectivity index is 1.94. The maximum absolute atomic E-state index is 16.0. The quantitative estimate of drug-likeness (QED) is 0.192. The Kier molecular flexibility index (Phi) is 9.47. The summed E-state index contributed by atoms with van der Waals surface area (Å²) in [5.41, 5.74) is 3.38. The molecule has 3 aromatic carbocycles. The van der Waals surface area contributed by atoms with E-state index in [1.807, 2.05) is 38.1 Å². The molecule has 1 aliphatic rings. The van der Waals surface area contributed by atoms with Gasteiger partial charge in [-0.05, 0) is 61.6 Å². The van der Waals surface area contributed by atoms with Crippen molar-refractivity contribution in [3.05, 3.63) is 88.9 Å². The number of amides is 1. The van der Waals surface area contributed by atoms with Crippen LogP contribution in [0.25, 0.3) is 0 Å². The number of para-hydroxylation sites is 2. The predicted molar refractivity (Wildman–Crippen MR) is 165 cm³/mol. The van der Waals surface area contributed by atoms with E-state index in [1.54, 1.807) is 35.2 Å². The van der Waals surface area contributed by atoms with Gasteiger partial charge in [0.25, 0.3) is 0 Å². The van der Waals surface area contributed by atoms with Gasteiger partial charge < -0.3 is 19.9 Å².